The Hall–Kier alpha value is -1.58. The summed E-state index contributed by atoms with van der Waals surface area (Å²) >= 11 is 3.55. The van der Waals surface area contributed by atoms with E-state index in [0.717, 1.165) is 24.1 Å². The molecular weight excluding hydrogens is 324 g/mol. The van der Waals surface area contributed by atoms with E-state index in [-0.39, 0.29) is 0 Å². The Morgan fingerprint density at radius 2 is 1.95 bits per heavy atom. The summed E-state index contributed by atoms with van der Waals surface area (Å²) in [7, 11) is 0. The number of hydrogen-bond donors (Lipinski definition) is 1. The topological polar surface area (TPSA) is 17.0 Å². The van der Waals surface area contributed by atoms with Crippen molar-refractivity contribution in [2.24, 2.45) is 0 Å². The van der Waals surface area contributed by atoms with Crippen molar-refractivity contribution in [1.29, 1.82) is 0 Å². The molecule has 0 spiro atoms. The first-order valence-electron chi connectivity index (χ1n) is 7.30. The van der Waals surface area contributed by atoms with Crippen LogP contribution >= 0.6 is 15.9 Å². The maximum atomic E-state index is 3.55. The summed E-state index contributed by atoms with van der Waals surface area (Å²) in [6.45, 7) is 4.94. The van der Waals surface area contributed by atoms with Crippen molar-refractivity contribution < 1.29 is 0 Å². The van der Waals surface area contributed by atoms with Crippen molar-refractivity contribution in [3.8, 4) is 0 Å². The standard InChI is InChI=1S/C18H19BrN2/c1-2-20-11-15-13-21(18-9-4-3-8-17(15)18)12-14-6-5-7-16(19)10-14/h3-10,13,20H,2,11-12H2,1H3. The van der Waals surface area contributed by atoms with Gasteiger partial charge >= 0.3 is 0 Å². The van der Waals surface area contributed by atoms with Crippen LogP contribution in [0.4, 0.5) is 0 Å². The second kappa shape index (κ2) is 6.46. The first-order valence-corrected chi connectivity index (χ1v) is 8.09. The van der Waals surface area contributed by atoms with Crippen LogP contribution in [-0.2, 0) is 13.1 Å². The Labute approximate surface area is 133 Å². The molecule has 1 aromatic heterocycles. The number of halogens is 1. The minimum Gasteiger partial charge on any atom is -0.343 e. The Morgan fingerprint density at radius 1 is 1.10 bits per heavy atom. The number of hydrogen-bond acceptors (Lipinski definition) is 1. The highest BCUT2D eigenvalue weighted by Gasteiger charge is 2.08. The largest absolute Gasteiger partial charge is 0.343 e. The zero-order valence-electron chi connectivity index (χ0n) is 12.1. The summed E-state index contributed by atoms with van der Waals surface area (Å²) in [5.41, 5.74) is 3.97. The zero-order chi connectivity index (χ0) is 14.7. The van der Waals surface area contributed by atoms with Crippen molar-refractivity contribution >= 4 is 26.8 Å². The number of para-hydroxylation sites is 1. The van der Waals surface area contributed by atoms with Crippen LogP contribution in [0.2, 0.25) is 0 Å². The molecule has 0 aliphatic rings. The van der Waals surface area contributed by atoms with Gasteiger partial charge in [0.2, 0.25) is 0 Å². The smallest absolute Gasteiger partial charge is 0.0486 e. The molecule has 0 saturated heterocycles. The number of fused-ring (bicyclic) bond motifs is 1. The van der Waals surface area contributed by atoms with Gasteiger partial charge in [0.1, 0.15) is 0 Å². The van der Waals surface area contributed by atoms with Crippen molar-refractivity contribution in [3.05, 3.63) is 70.3 Å². The third-order valence-electron chi connectivity index (χ3n) is 3.68. The molecule has 3 heteroatoms. The molecule has 0 radical (unpaired) electrons. The lowest BCUT2D eigenvalue weighted by Crippen LogP contribution is -2.11. The summed E-state index contributed by atoms with van der Waals surface area (Å²) in [4.78, 5) is 0. The molecule has 0 unspecified atom stereocenters. The Balaban J connectivity index is 1.98. The van der Waals surface area contributed by atoms with Crippen LogP contribution in [0.3, 0.4) is 0 Å². The second-order valence-corrected chi connectivity index (χ2v) is 6.13. The van der Waals surface area contributed by atoms with Gasteiger partial charge in [-0.15, -0.1) is 0 Å². The molecule has 3 aromatic rings. The van der Waals surface area contributed by atoms with Gasteiger partial charge in [-0.3, -0.25) is 0 Å². The molecule has 2 aromatic carbocycles. The molecule has 0 fully saturated rings. The van der Waals surface area contributed by atoms with Gasteiger partial charge in [-0.25, -0.2) is 0 Å². The summed E-state index contributed by atoms with van der Waals surface area (Å²) < 4.78 is 3.47. The van der Waals surface area contributed by atoms with Crippen molar-refractivity contribution in [2.75, 3.05) is 6.54 Å². The molecule has 0 saturated carbocycles. The van der Waals surface area contributed by atoms with Crippen LogP contribution in [0, 0.1) is 0 Å². The number of benzene rings is 2. The molecule has 0 aliphatic heterocycles. The summed E-state index contributed by atoms with van der Waals surface area (Å²) in [6, 6.07) is 17.1. The summed E-state index contributed by atoms with van der Waals surface area (Å²) in [6.07, 6.45) is 2.27. The predicted octanol–water partition coefficient (Wildman–Crippen LogP) is 4.56. The lowest BCUT2D eigenvalue weighted by atomic mass is 10.2. The quantitative estimate of drug-likeness (QED) is 0.719. The van der Waals surface area contributed by atoms with E-state index in [4.69, 9.17) is 0 Å². The van der Waals surface area contributed by atoms with E-state index in [2.05, 4.69) is 87.5 Å². The Morgan fingerprint density at radius 3 is 2.76 bits per heavy atom. The number of rotatable bonds is 5. The molecule has 108 valence electrons. The second-order valence-electron chi connectivity index (χ2n) is 5.21. The van der Waals surface area contributed by atoms with Gasteiger partial charge in [0.15, 0.2) is 0 Å². The molecule has 0 atom stereocenters. The van der Waals surface area contributed by atoms with Gasteiger partial charge in [0.05, 0.1) is 0 Å². The molecule has 1 N–H and O–H groups in total. The number of aromatic nitrogens is 1. The van der Waals surface area contributed by atoms with E-state index >= 15 is 0 Å². The van der Waals surface area contributed by atoms with Gasteiger partial charge in [-0.05, 0) is 35.9 Å². The Kier molecular flexibility index (Phi) is 4.42. The first kappa shape index (κ1) is 14.4. The first-order chi connectivity index (χ1) is 10.3. The van der Waals surface area contributed by atoms with Crippen molar-refractivity contribution in [2.45, 2.75) is 20.0 Å². The van der Waals surface area contributed by atoms with Crippen LogP contribution in [0.5, 0.6) is 0 Å². The van der Waals surface area contributed by atoms with E-state index in [9.17, 15) is 0 Å². The van der Waals surface area contributed by atoms with Gasteiger partial charge in [0.25, 0.3) is 0 Å². The number of nitrogens with one attached hydrogen (secondary N) is 1. The lowest BCUT2D eigenvalue weighted by Gasteiger charge is -2.06. The van der Waals surface area contributed by atoms with Crippen LogP contribution in [0.15, 0.2) is 59.2 Å². The molecule has 0 bridgehead atoms. The van der Waals surface area contributed by atoms with Gasteiger partial charge in [-0.2, -0.15) is 0 Å². The van der Waals surface area contributed by atoms with E-state index in [1.807, 2.05) is 0 Å². The van der Waals surface area contributed by atoms with E-state index < -0.39 is 0 Å². The molecule has 0 amide bonds. The Bertz CT molecular complexity index is 746. The average Bonchev–Trinajstić information content (AvgIpc) is 2.84. The summed E-state index contributed by atoms with van der Waals surface area (Å²) in [5.74, 6) is 0. The highest BCUT2D eigenvalue weighted by molar-refractivity contribution is 9.10. The van der Waals surface area contributed by atoms with E-state index in [1.165, 1.54) is 22.0 Å². The van der Waals surface area contributed by atoms with E-state index in [0.29, 0.717) is 0 Å². The van der Waals surface area contributed by atoms with Gasteiger partial charge < -0.3 is 9.88 Å². The molecule has 3 rings (SSSR count). The fraction of sp³-hybridized carbons (Fsp3) is 0.222. The molecule has 1 heterocycles. The minimum absolute atomic E-state index is 0.895. The maximum absolute atomic E-state index is 3.55. The highest BCUT2D eigenvalue weighted by atomic mass is 79.9. The molecule has 21 heavy (non-hydrogen) atoms. The van der Waals surface area contributed by atoms with Gasteiger partial charge in [0, 0.05) is 34.7 Å². The van der Waals surface area contributed by atoms with Crippen LogP contribution in [0.1, 0.15) is 18.1 Å². The fourth-order valence-electron chi connectivity index (χ4n) is 2.69. The molecule has 0 aliphatic carbocycles. The van der Waals surface area contributed by atoms with Crippen molar-refractivity contribution in [1.82, 2.24) is 9.88 Å². The zero-order valence-corrected chi connectivity index (χ0v) is 13.7. The van der Waals surface area contributed by atoms with Crippen LogP contribution in [0.25, 0.3) is 10.9 Å². The van der Waals surface area contributed by atoms with Crippen LogP contribution < -0.4 is 5.32 Å². The average molecular weight is 343 g/mol. The minimum atomic E-state index is 0.895. The predicted molar refractivity (Wildman–Crippen MR) is 92.6 cm³/mol. The SMILES string of the molecule is CCNCc1cn(Cc2cccc(Br)c2)c2ccccc12. The molecular formula is C18H19BrN2. The fourth-order valence-corrected chi connectivity index (χ4v) is 3.13. The van der Waals surface area contributed by atoms with E-state index in [1.54, 1.807) is 0 Å². The summed E-state index contributed by atoms with van der Waals surface area (Å²) in [5, 5.41) is 4.76. The number of nitrogens with zero attached hydrogens (tertiary/aromatic N) is 1. The third-order valence-corrected chi connectivity index (χ3v) is 4.17. The lowest BCUT2D eigenvalue weighted by molar-refractivity contribution is 0.724. The normalized spacial score (nSPS) is 11.1. The van der Waals surface area contributed by atoms with Crippen LogP contribution in [-0.4, -0.2) is 11.1 Å². The molecule has 2 nitrogen and oxygen atoms in total. The maximum Gasteiger partial charge on any atom is 0.0486 e. The highest BCUT2D eigenvalue weighted by Crippen LogP contribution is 2.23. The monoisotopic (exact) mass is 342 g/mol. The third kappa shape index (κ3) is 3.20. The van der Waals surface area contributed by atoms with Gasteiger partial charge in [-0.1, -0.05) is 53.2 Å². The van der Waals surface area contributed by atoms with Crippen molar-refractivity contribution in [3.63, 3.8) is 0 Å².